The number of thioether (sulfide) groups is 1. The smallest absolute Gasteiger partial charge is 0.290 e. The number of pyridine rings is 1. The fourth-order valence-corrected chi connectivity index (χ4v) is 3.97. The molecule has 0 saturated carbocycles. The van der Waals surface area contributed by atoms with Gasteiger partial charge in [-0.05, 0) is 61.5 Å². The lowest BCUT2D eigenvalue weighted by Crippen LogP contribution is -2.47. The normalized spacial score (nSPS) is 15.0. The van der Waals surface area contributed by atoms with Crippen molar-refractivity contribution < 1.29 is 13.6 Å². The highest BCUT2D eigenvalue weighted by molar-refractivity contribution is 7.99. The van der Waals surface area contributed by atoms with Gasteiger partial charge >= 0.3 is 0 Å². The van der Waals surface area contributed by atoms with Crippen LogP contribution in [0.15, 0.2) is 47.6 Å². The van der Waals surface area contributed by atoms with Gasteiger partial charge in [-0.25, -0.2) is 4.98 Å². The minimum absolute atomic E-state index is 0.0623. The number of alkyl halides is 2. The molecule has 2 aromatic rings. The highest BCUT2D eigenvalue weighted by Crippen LogP contribution is 2.26. The van der Waals surface area contributed by atoms with Gasteiger partial charge < -0.3 is 10.2 Å². The SMILES string of the molecule is Cc1cccc(N2CCN(CCCNC(=O)c3cccnc3SC(F)F)CC2)c1. The van der Waals surface area contributed by atoms with E-state index in [1.165, 1.54) is 23.5 Å². The number of rotatable bonds is 8. The van der Waals surface area contributed by atoms with Gasteiger partial charge in [-0.1, -0.05) is 12.1 Å². The van der Waals surface area contributed by atoms with E-state index in [1.54, 1.807) is 6.07 Å². The van der Waals surface area contributed by atoms with Gasteiger partial charge in [0.2, 0.25) is 0 Å². The molecule has 1 N–H and O–H groups in total. The monoisotopic (exact) mass is 420 g/mol. The van der Waals surface area contributed by atoms with Crippen molar-refractivity contribution in [3.05, 3.63) is 53.7 Å². The van der Waals surface area contributed by atoms with Crippen LogP contribution in [0.1, 0.15) is 22.3 Å². The van der Waals surface area contributed by atoms with Crippen LogP contribution in [0.5, 0.6) is 0 Å². The van der Waals surface area contributed by atoms with Gasteiger partial charge in [0.05, 0.1) is 5.56 Å². The van der Waals surface area contributed by atoms with Crippen molar-refractivity contribution in [2.24, 2.45) is 0 Å². The maximum atomic E-state index is 12.6. The number of piperazine rings is 1. The lowest BCUT2D eigenvalue weighted by molar-refractivity contribution is 0.0947. The molecule has 8 heteroatoms. The molecule has 1 fully saturated rings. The van der Waals surface area contributed by atoms with Crippen LogP contribution in [0, 0.1) is 6.92 Å². The summed E-state index contributed by atoms with van der Waals surface area (Å²) in [6, 6.07) is 11.7. The van der Waals surface area contributed by atoms with Crippen LogP contribution < -0.4 is 10.2 Å². The molecule has 0 atom stereocenters. The molecule has 1 aromatic heterocycles. The molecule has 0 unspecified atom stereocenters. The minimum Gasteiger partial charge on any atom is -0.369 e. The molecule has 5 nitrogen and oxygen atoms in total. The fourth-order valence-electron chi connectivity index (χ4n) is 3.40. The number of benzene rings is 1. The Labute approximate surface area is 174 Å². The number of nitrogens with zero attached hydrogens (tertiary/aromatic N) is 3. The van der Waals surface area contributed by atoms with Crippen LogP contribution in [0.3, 0.4) is 0 Å². The molecule has 0 radical (unpaired) electrons. The number of hydrogen-bond donors (Lipinski definition) is 1. The Hall–Kier alpha value is -2.19. The quantitative estimate of drug-likeness (QED) is 0.522. The van der Waals surface area contributed by atoms with Gasteiger partial charge in [-0.15, -0.1) is 0 Å². The Bertz CT molecular complexity index is 813. The second-order valence-corrected chi connectivity index (χ2v) is 7.99. The summed E-state index contributed by atoms with van der Waals surface area (Å²) in [5.41, 5.74) is 2.74. The molecule has 1 amide bonds. The maximum absolute atomic E-state index is 12.6. The van der Waals surface area contributed by atoms with E-state index in [9.17, 15) is 13.6 Å². The molecule has 1 saturated heterocycles. The molecular formula is C21H26F2N4OS. The first-order valence-corrected chi connectivity index (χ1v) is 10.6. The molecule has 0 aliphatic carbocycles. The zero-order valence-corrected chi connectivity index (χ0v) is 17.3. The molecule has 29 heavy (non-hydrogen) atoms. The van der Waals surface area contributed by atoms with Crippen molar-refractivity contribution in [1.29, 1.82) is 0 Å². The Balaban J connectivity index is 1.39. The lowest BCUT2D eigenvalue weighted by Gasteiger charge is -2.36. The van der Waals surface area contributed by atoms with Gasteiger partial charge in [0.1, 0.15) is 5.03 Å². The maximum Gasteiger partial charge on any atom is 0.290 e. The zero-order chi connectivity index (χ0) is 20.6. The van der Waals surface area contributed by atoms with Crippen LogP contribution in [0.2, 0.25) is 0 Å². The average molecular weight is 421 g/mol. The second kappa shape index (κ2) is 10.5. The van der Waals surface area contributed by atoms with E-state index in [0.29, 0.717) is 18.3 Å². The molecule has 156 valence electrons. The topological polar surface area (TPSA) is 48.5 Å². The highest BCUT2D eigenvalue weighted by atomic mass is 32.2. The van der Waals surface area contributed by atoms with Crippen LogP contribution in [-0.2, 0) is 0 Å². The van der Waals surface area contributed by atoms with E-state index in [1.807, 2.05) is 0 Å². The van der Waals surface area contributed by atoms with Crippen LogP contribution in [-0.4, -0.2) is 60.8 Å². The van der Waals surface area contributed by atoms with Crippen molar-refractivity contribution in [3.8, 4) is 0 Å². The van der Waals surface area contributed by atoms with E-state index >= 15 is 0 Å². The summed E-state index contributed by atoms with van der Waals surface area (Å²) in [6.07, 6.45) is 2.23. The van der Waals surface area contributed by atoms with Crippen molar-refractivity contribution in [2.45, 2.75) is 24.1 Å². The molecule has 1 aliphatic rings. The van der Waals surface area contributed by atoms with E-state index in [0.717, 1.165) is 39.1 Å². The average Bonchev–Trinajstić information content (AvgIpc) is 2.71. The number of aryl methyl sites for hydroxylation is 1. The van der Waals surface area contributed by atoms with Gasteiger partial charge in [0.15, 0.2) is 0 Å². The molecule has 1 aliphatic heterocycles. The number of carbonyl (C=O) groups is 1. The number of nitrogens with one attached hydrogen (secondary N) is 1. The minimum atomic E-state index is -2.60. The van der Waals surface area contributed by atoms with Crippen LogP contribution in [0.4, 0.5) is 14.5 Å². The Morgan fingerprint density at radius 3 is 2.72 bits per heavy atom. The van der Waals surface area contributed by atoms with E-state index in [-0.39, 0.29) is 16.5 Å². The largest absolute Gasteiger partial charge is 0.369 e. The summed E-state index contributed by atoms with van der Waals surface area (Å²) < 4.78 is 25.2. The molecular weight excluding hydrogens is 394 g/mol. The van der Waals surface area contributed by atoms with E-state index in [2.05, 4.69) is 51.3 Å². The van der Waals surface area contributed by atoms with Crippen molar-refractivity contribution >= 4 is 23.4 Å². The lowest BCUT2D eigenvalue weighted by atomic mass is 10.2. The van der Waals surface area contributed by atoms with Crippen molar-refractivity contribution in [3.63, 3.8) is 0 Å². The number of carbonyl (C=O) groups excluding carboxylic acids is 1. The number of hydrogen-bond acceptors (Lipinski definition) is 5. The van der Waals surface area contributed by atoms with Gasteiger partial charge in [-0.3, -0.25) is 9.69 Å². The highest BCUT2D eigenvalue weighted by Gasteiger charge is 2.18. The predicted molar refractivity (Wildman–Crippen MR) is 113 cm³/mol. The Kier molecular flexibility index (Phi) is 7.83. The van der Waals surface area contributed by atoms with Crippen molar-refractivity contribution in [2.75, 3.05) is 44.2 Å². The summed E-state index contributed by atoms with van der Waals surface area (Å²) in [4.78, 5) is 21.0. The molecule has 3 rings (SSSR count). The number of amides is 1. The zero-order valence-electron chi connectivity index (χ0n) is 16.5. The van der Waals surface area contributed by atoms with Crippen molar-refractivity contribution in [1.82, 2.24) is 15.2 Å². The van der Waals surface area contributed by atoms with Crippen LogP contribution in [0.25, 0.3) is 0 Å². The molecule has 2 heterocycles. The van der Waals surface area contributed by atoms with E-state index < -0.39 is 5.76 Å². The second-order valence-electron chi connectivity index (χ2n) is 7.01. The first kappa shape index (κ1) is 21.5. The number of anilines is 1. The molecule has 0 spiro atoms. The summed E-state index contributed by atoms with van der Waals surface area (Å²) in [7, 11) is 0. The Morgan fingerprint density at radius 2 is 2.00 bits per heavy atom. The summed E-state index contributed by atoms with van der Waals surface area (Å²) in [5.74, 6) is -2.96. The standard InChI is InChI=1S/C21H26F2N4OS/c1-16-5-2-6-17(15-16)27-13-11-26(12-14-27)10-4-9-24-19(28)18-7-3-8-25-20(18)29-21(22)23/h2-3,5-8,15,21H,4,9-14H2,1H3,(H,24,28). The summed E-state index contributed by atoms with van der Waals surface area (Å²) in [6.45, 7) is 7.45. The first-order valence-electron chi connectivity index (χ1n) is 9.75. The van der Waals surface area contributed by atoms with E-state index in [4.69, 9.17) is 0 Å². The molecule has 1 aromatic carbocycles. The fraction of sp³-hybridized carbons (Fsp3) is 0.429. The number of halogens is 2. The summed E-state index contributed by atoms with van der Waals surface area (Å²) >= 11 is 0.296. The van der Waals surface area contributed by atoms with Gasteiger partial charge in [-0.2, -0.15) is 8.78 Å². The van der Waals surface area contributed by atoms with Crippen LogP contribution >= 0.6 is 11.8 Å². The van der Waals surface area contributed by atoms with Gasteiger partial charge in [0.25, 0.3) is 11.7 Å². The third-order valence-electron chi connectivity index (χ3n) is 4.89. The first-order chi connectivity index (χ1) is 14.0. The Morgan fingerprint density at radius 1 is 1.21 bits per heavy atom. The third-order valence-corrected chi connectivity index (χ3v) is 5.62. The predicted octanol–water partition coefficient (Wildman–Crippen LogP) is 3.65. The van der Waals surface area contributed by atoms with Gasteiger partial charge in [0, 0.05) is 44.6 Å². The third kappa shape index (κ3) is 6.40. The molecule has 0 bridgehead atoms. The number of aromatic nitrogens is 1. The summed E-state index contributed by atoms with van der Waals surface area (Å²) in [5, 5.41) is 2.88.